The Bertz CT molecular complexity index is 967. The molecule has 2 aromatic carbocycles. The van der Waals surface area contributed by atoms with Crippen LogP contribution in [0.3, 0.4) is 0 Å². The van der Waals surface area contributed by atoms with Crippen molar-refractivity contribution in [3.63, 3.8) is 0 Å². The lowest BCUT2D eigenvalue weighted by Crippen LogP contribution is -2.30. The summed E-state index contributed by atoms with van der Waals surface area (Å²) in [5.74, 6) is 3.08. The summed E-state index contributed by atoms with van der Waals surface area (Å²) in [5.41, 5.74) is 2.68. The molecule has 3 rings (SSSR count). The Hall–Kier alpha value is -2.75. The molecule has 1 fully saturated rings. The molecule has 1 heterocycles. The summed E-state index contributed by atoms with van der Waals surface area (Å²) in [6.07, 6.45) is 7.98. The third kappa shape index (κ3) is 5.20. The maximum atomic E-state index is 12.4. The van der Waals surface area contributed by atoms with Crippen molar-refractivity contribution in [1.29, 1.82) is 0 Å². The quantitative estimate of drug-likeness (QED) is 0.501. The topological polar surface area (TPSA) is 59.6 Å². The number of ether oxygens (including phenoxy) is 2. The molecule has 29 heavy (non-hydrogen) atoms. The van der Waals surface area contributed by atoms with E-state index < -0.39 is 0 Å². The highest BCUT2D eigenvalue weighted by molar-refractivity contribution is 8.05. The first-order valence-corrected chi connectivity index (χ1v) is 10.3. The van der Waals surface area contributed by atoms with E-state index in [0.29, 0.717) is 21.4 Å². The molecule has 0 unspecified atom stereocenters. The number of aryl methyl sites for hydroxylation is 1. The molecule has 0 spiro atoms. The van der Waals surface area contributed by atoms with Gasteiger partial charge in [0.25, 0.3) is 5.91 Å². The number of hydrogen-bond donors (Lipinski definition) is 2. The highest BCUT2D eigenvalue weighted by atomic mass is 35.5. The second-order valence-corrected chi connectivity index (χ2v) is 7.76. The third-order valence-corrected chi connectivity index (χ3v) is 5.55. The summed E-state index contributed by atoms with van der Waals surface area (Å²) >= 11 is 7.71. The van der Waals surface area contributed by atoms with E-state index >= 15 is 0 Å². The molecule has 7 heteroatoms. The second kappa shape index (κ2) is 9.64. The number of carbonyl (C=O) groups excluding carboxylic acids is 1. The van der Waals surface area contributed by atoms with Gasteiger partial charge >= 0.3 is 0 Å². The smallest absolute Gasteiger partial charge is 0.260 e. The molecular formula is C22H21ClN2O3S. The molecule has 1 saturated heterocycles. The van der Waals surface area contributed by atoms with E-state index in [-0.39, 0.29) is 18.0 Å². The lowest BCUT2D eigenvalue weighted by molar-refractivity contribution is -0.116. The van der Waals surface area contributed by atoms with Crippen molar-refractivity contribution < 1.29 is 14.3 Å². The van der Waals surface area contributed by atoms with E-state index in [1.54, 1.807) is 18.2 Å². The number of anilines is 1. The number of amides is 1. The number of carbonyl (C=O) groups is 1. The van der Waals surface area contributed by atoms with Crippen LogP contribution in [0.25, 0.3) is 6.08 Å². The highest BCUT2D eigenvalue weighted by Gasteiger charge is 2.27. The van der Waals surface area contributed by atoms with Crippen LogP contribution < -0.4 is 20.1 Å². The van der Waals surface area contributed by atoms with Crippen molar-refractivity contribution >= 4 is 41.0 Å². The van der Waals surface area contributed by atoms with Crippen LogP contribution in [0, 0.1) is 12.3 Å². The highest BCUT2D eigenvalue weighted by Crippen LogP contribution is 2.38. The van der Waals surface area contributed by atoms with E-state index in [1.165, 1.54) is 24.4 Å². The fourth-order valence-electron chi connectivity index (χ4n) is 2.78. The molecule has 0 radical (unpaired) electrons. The van der Waals surface area contributed by atoms with Gasteiger partial charge in [-0.1, -0.05) is 48.3 Å². The Morgan fingerprint density at radius 3 is 2.76 bits per heavy atom. The van der Waals surface area contributed by atoms with Gasteiger partial charge in [-0.15, -0.1) is 6.42 Å². The first-order valence-electron chi connectivity index (χ1n) is 9.02. The molecule has 1 amide bonds. The van der Waals surface area contributed by atoms with Crippen LogP contribution in [0.4, 0.5) is 5.69 Å². The minimum Gasteiger partial charge on any atom is -0.493 e. The number of thioether (sulfide) groups is 1. The van der Waals surface area contributed by atoms with Crippen LogP contribution in [0.15, 0.2) is 41.3 Å². The van der Waals surface area contributed by atoms with E-state index in [2.05, 4.69) is 35.6 Å². The van der Waals surface area contributed by atoms with Gasteiger partial charge in [-0.3, -0.25) is 4.79 Å². The summed E-state index contributed by atoms with van der Waals surface area (Å²) < 4.78 is 10.8. The Morgan fingerprint density at radius 1 is 1.34 bits per heavy atom. The van der Waals surface area contributed by atoms with Crippen molar-refractivity contribution in [2.45, 2.75) is 18.8 Å². The van der Waals surface area contributed by atoms with Crippen molar-refractivity contribution in [2.24, 2.45) is 0 Å². The minimum absolute atomic E-state index is 0.0847. The van der Waals surface area contributed by atoms with Crippen molar-refractivity contribution in [1.82, 2.24) is 5.32 Å². The average molecular weight is 429 g/mol. The molecule has 0 saturated carbocycles. The summed E-state index contributed by atoms with van der Waals surface area (Å²) in [6.45, 7) is 2.20. The monoisotopic (exact) mass is 428 g/mol. The van der Waals surface area contributed by atoms with Gasteiger partial charge in [0.1, 0.15) is 6.61 Å². The third-order valence-electron chi connectivity index (χ3n) is 4.24. The van der Waals surface area contributed by atoms with Gasteiger partial charge in [0.2, 0.25) is 0 Å². The molecule has 0 aliphatic carbocycles. The van der Waals surface area contributed by atoms with Gasteiger partial charge in [-0.25, -0.2) is 0 Å². The number of hydrogen-bond acceptors (Lipinski definition) is 5. The number of methoxy groups -OCH3 is 1. The summed E-state index contributed by atoms with van der Waals surface area (Å²) in [5, 5.41) is 6.58. The Balaban J connectivity index is 1.75. The standard InChI is InChI=1S/C22H21ClN2O3S/c1-4-10-28-20-17(23)11-15(12-18(20)27-3)13-19-21(26)25-22(29-19)24-16-8-6-14(5-2)7-9-16/h1,6-9,11-13,22,24H,5,10H2,2-3H3,(H,25,26)/b19-13-/t22-/m1/s1. The van der Waals surface area contributed by atoms with Gasteiger partial charge < -0.3 is 20.1 Å². The molecule has 5 nitrogen and oxygen atoms in total. The maximum absolute atomic E-state index is 12.4. The zero-order valence-corrected chi connectivity index (χ0v) is 17.7. The predicted octanol–water partition coefficient (Wildman–Crippen LogP) is 4.52. The largest absolute Gasteiger partial charge is 0.493 e. The molecule has 150 valence electrons. The molecular weight excluding hydrogens is 408 g/mol. The zero-order valence-electron chi connectivity index (χ0n) is 16.1. The van der Waals surface area contributed by atoms with Crippen LogP contribution in [0.2, 0.25) is 5.02 Å². The van der Waals surface area contributed by atoms with Crippen LogP contribution in [0.1, 0.15) is 18.1 Å². The van der Waals surface area contributed by atoms with Crippen LogP contribution in [-0.4, -0.2) is 25.1 Å². The first-order chi connectivity index (χ1) is 14.0. The number of benzene rings is 2. The average Bonchev–Trinajstić information content (AvgIpc) is 3.06. The van der Waals surface area contributed by atoms with Crippen LogP contribution in [0.5, 0.6) is 11.5 Å². The van der Waals surface area contributed by atoms with Crippen LogP contribution >= 0.6 is 23.4 Å². The van der Waals surface area contributed by atoms with Crippen molar-refractivity contribution in [2.75, 3.05) is 19.0 Å². The van der Waals surface area contributed by atoms with Gasteiger partial charge in [-0.05, 0) is 47.9 Å². The predicted molar refractivity (Wildman–Crippen MR) is 119 cm³/mol. The Morgan fingerprint density at radius 2 is 2.10 bits per heavy atom. The van der Waals surface area contributed by atoms with E-state index in [4.69, 9.17) is 27.5 Å². The summed E-state index contributed by atoms with van der Waals surface area (Å²) in [7, 11) is 1.52. The lowest BCUT2D eigenvalue weighted by Gasteiger charge is -2.13. The van der Waals surface area contributed by atoms with Gasteiger partial charge in [-0.2, -0.15) is 0 Å². The van der Waals surface area contributed by atoms with E-state index in [0.717, 1.165) is 17.7 Å². The molecule has 2 N–H and O–H groups in total. The number of halogens is 1. The molecule has 2 aromatic rings. The van der Waals surface area contributed by atoms with Gasteiger partial charge in [0, 0.05) is 5.69 Å². The second-order valence-electron chi connectivity index (χ2n) is 6.20. The molecule has 0 aromatic heterocycles. The lowest BCUT2D eigenvalue weighted by atomic mass is 10.1. The molecule has 1 aliphatic heterocycles. The molecule has 0 bridgehead atoms. The number of rotatable bonds is 7. The molecule has 1 aliphatic rings. The SMILES string of the molecule is C#CCOc1c(Cl)cc(/C=C2\S[C@H](Nc3ccc(CC)cc3)NC2=O)cc1OC. The van der Waals surface area contributed by atoms with E-state index in [1.807, 2.05) is 12.1 Å². The first kappa shape index (κ1) is 21.0. The van der Waals surface area contributed by atoms with Gasteiger partial charge in [0.05, 0.1) is 17.0 Å². The van der Waals surface area contributed by atoms with Gasteiger partial charge in [0.15, 0.2) is 17.0 Å². The summed E-state index contributed by atoms with van der Waals surface area (Å²) in [4.78, 5) is 12.9. The zero-order chi connectivity index (χ0) is 20.8. The fourth-order valence-corrected chi connectivity index (χ4v) is 4.04. The van der Waals surface area contributed by atoms with Crippen LogP contribution in [-0.2, 0) is 11.2 Å². The normalized spacial score (nSPS) is 17.0. The van der Waals surface area contributed by atoms with E-state index in [9.17, 15) is 4.79 Å². The number of terminal acetylenes is 1. The van der Waals surface area contributed by atoms with Crippen molar-refractivity contribution in [3.8, 4) is 23.8 Å². The Kier molecular flexibility index (Phi) is 6.97. The van der Waals surface area contributed by atoms with Crippen molar-refractivity contribution in [3.05, 3.63) is 57.5 Å². The fraction of sp³-hybridized carbons (Fsp3) is 0.227. The molecule has 1 atom stereocenters. The summed E-state index contributed by atoms with van der Waals surface area (Å²) in [6, 6.07) is 11.6. The Labute approximate surface area is 179 Å². The number of nitrogens with one attached hydrogen (secondary N) is 2. The minimum atomic E-state index is -0.253. The maximum Gasteiger partial charge on any atom is 0.260 e.